The van der Waals surface area contributed by atoms with E-state index in [0.717, 1.165) is 0 Å². The highest BCUT2D eigenvalue weighted by molar-refractivity contribution is 6.20. The Labute approximate surface area is 166 Å². The largest absolute Gasteiger partial charge is 0.478 e. The summed E-state index contributed by atoms with van der Waals surface area (Å²) in [6, 6.07) is 14.2. The fourth-order valence-corrected chi connectivity index (χ4v) is 3.35. The maximum atomic E-state index is 13.0. The summed E-state index contributed by atoms with van der Waals surface area (Å²) in [5, 5.41) is 19.7. The van der Waals surface area contributed by atoms with E-state index in [1.165, 1.54) is 31.2 Å². The Morgan fingerprint density at radius 3 is 1.83 bits per heavy atom. The average Bonchev–Trinajstić information content (AvgIpc) is 2.68. The lowest BCUT2D eigenvalue weighted by Crippen LogP contribution is -2.18. The van der Waals surface area contributed by atoms with Gasteiger partial charge < -0.3 is 21.7 Å². The van der Waals surface area contributed by atoms with E-state index in [1.54, 1.807) is 30.3 Å². The Balaban J connectivity index is 2.43. The predicted octanol–water partition coefficient (Wildman–Crippen LogP) is 3.45. The SMILES string of the molecule is Cc1c(C(=O)c2ccccc2)c(N)c(C(=O)O)c(-c2ccc(N)cc2)c1C(=O)O. The highest BCUT2D eigenvalue weighted by Crippen LogP contribution is 2.38. The van der Waals surface area contributed by atoms with E-state index in [-0.39, 0.29) is 33.5 Å². The smallest absolute Gasteiger partial charge is 0.338 e. The van der Waals surface area contributed by atoms with E-state index >= 15 is 0 Å². The molecule has 0 fully saturated rings. The van der Waals surface area contributed by atoms with Gasteiger partial charge in [0.05, 0.1) is 22.4 Å². The predicted molar refractivity (Wildman–Crippen MR) is 109 cm³/mol. The zero-order chi connectivity index (χ0) is 21.3. The third-order valence-corrected chi connectivity index (χ3v) is 4.68. The van der Waals surface area contributed by atoms with Crippen LogP contribution in [0.5, 0.6) is 0 Å². The molecule has 0 unspecified atom stereocenters. The quantitative estimate of drug-likeness (QED) is 0.386. The summed E-state index contributed by atoms with van der Waals surface area (Å²) in [5.74, 6) is -3.34. The van der Waals surface area contributed by atoms with E-state index in [2.05, 4.69) is 0 Å². The van der Waals surface area contributed by atoms with Gasteiger partial charge in [-0.25, -0.2) is 9.59 Å². The second-order valence-corrected chi connectivity index (χ2v) is 6.47. The van der Waals surface area contributed by atoms with Crippen molar-refractivity contribution in [2.45, 2.75) is 6.92 Å². The third-order valence-electron chi connectivity index (χ3n) is 4.68. The topological polar surface area (TPSA) is 144 Å². The fourth-order valence-electron chi connectivity index (χ4n) is 3.35. The minimum Gasteiger partial charge on any atom is -0.478 e. The summed E-state index contributed by atoms with van der Waals surface area (Å²) in [4.78, 5) is 37.2. The number of nitrogen functional groups attached to an aromatic ring is 2. The summed E-state index contributed by atoms with van der Waals surface area (Å²) in [5.41, 5.74) is 11.8. The number of nitrogens with two attached hydrogens (primary N) is 2. The molecule has 0 atom stereocenters. The van der Waals surface area contributed by atoms with Gasteiger partial charge in [0.1, 0.15) is 0 Å². The number of carboxylic acid groups (broad SMARTS) is 2. The van der Waals surface area contributed by atoms with Gasteiger partial charge in [-0.2, -0.15) is 0 Å². The van der Waals surface area contributed by atoms with Gasteiger partial charge in [0.2, 0.25) is 0 Å². The van der Waals surface area contributed by atoms with Crippen LogP contribution in [0, 0.1) is 6.92 Å². The second kappa shape index (κ2) is 7.47. The van der Waals surface area contributed by atoms with Gasteiger partial charge in [-0.05, 0) is 30.2 Å². The molecule has 0 saturated carbocycles. The van der Waals surface area contributed by atoms with Crippen LogP contribution < -0.4 is 11.5 Å². The molecule has 29 heavy (non-hydrogen) atoms. The molecule has 0 aliphatic carbocycles. The number of carbonyl (C=O) groups is 3. The summed E-state index contributed by atoms with van der Waals surface area (Å²) >= 11 is 0. The van der Waals surface area contributed by atoms with Crippen molar-refractivity contribution in [3.05, 3.63) is 82.4 Å². The van der Waals surface area contributed by atoms with Gasteiger partial charge in [-0.3, -0.25) is 4.79 Å². The fraction of sp³-hybridized carbons (Fsp3) is 0.0455. The highest BCUT2D eigenvalue weighted by Gasteiger charge is 2.31. The van der Waals surface area contributed by atoms with E-state index in [4.69, 9.17) is 11.5 Å². The molecule has 0 aliphatic rings. The number of carbonyl (C=O) groups excluding carboxylic acids is 1. The lowest BCUT2D eigenvalue weighted by molar-refractivity contribution is 0.0695. The molecule has 3 rings (SSSR count). The van der Waals surface area contributed by atoms with Gasteiger partial charge in [0.25, 0.3) is 0 Å². The number of anilines is 2. The molecule has 0 aromatic heterocycles. The van der Waals surface area contributed by atoms with Gasteiger partial charge in [-0.15, -0.1) is 0 Å². The summed E-state index contributed by atoms with van der Waals surface area (Å²) in [7, 11) is 0. The standard InChI is InChI=1S/C22H18N2O5/c1-11-15(21(26)27)17(12-7-9-14(23)10-8-12)18(22(28)29)19(24)16(11)20(25)13-5-3-2-4-6-13/h2-10H,23-24H2,1H3,(H,26,27)(H,28,29). The normalized spacial score (nSPS) is 10.5. The van der Waals surface area contributed by atoms with Crippen molar-refractivity contribution >= 4 is 29.1 Å². The summed E-state index contributed by atoms with van der Waals surface area (Å²) in [6.07, 6.45) is 0. The minimum absolute atomic E-state index is 0.0652. The van der Waals surface area contributed by atoms with Crippen LogP contribution in [0.3, 0.4) is 0 Å². The molecule has 0 aliphatic heterocycles. The molecule has 3 aromatic rings. The van der Waals surface area contributed by atoms with Crippen LogP contribution in [0.2, 0.25) is 0 Å². The van der Waals surface area contributed by atoms with Crippen molar-refractivity contribution in [2.75, 3.05) is 11.5 Å². The molecule has 3 aromatic carbocycles. The van der Waals surface area contributed by atoms with Crippen molar-refractivity contribution in [1.82, 2.24) is 0 Å². The van der Waals surface area contributed by atoms with E-state index < -0.39 is 23.3 Å². The lowest BCUT2D eigenvalue weighted by Gasteiger charge is -2.20. The molecule has 0 saturated heterocycles. The van der Waals surface area contributed by atoms with Crippen LogP contribution in [0.4, 0.5) is 11.4 Å². The highest BCUT2D eigenvalue weighted by atomic mass is 16.4. The first-order valence-electron chi connectivity index (χ1n) is 8.62. The van der Waals surface area contributed by atoms with E-state index in [1.807, 2.05) is 0 Å². The first-order valence-corrected chi connectivity index (χ1v) is 8.62. The maximum absolute atomic E-state index is 13.0. The number of ketones is 1. The van der Waals surface area contributed by atoms with Crippen LogP contribution in [-0.2, 0) is 0 Å². The van der Waals surface area contributed by atoms with Crippen molar-refractivity contribution in [3.63, 3.8) is 0 Å². The molecular weight excluding hydrogens is 372 g/mol. The average molecular weight is 390 g/mol. The Morgan fingerprint density at radius 2 is 1.31 bits per heavy atom. The number of hydrogen-bond donors (Lipinski definition) is 4. The van der Waals surface area contributed by atoms with Gasteiger partial charge >= 0.3 is 11.9 Å². The summed E-state index contributed by atoms with van der Waals surface area (Å²) < 4.78 is 0. The van der Waals surface area contributed by atoms with Crippen LogP contribution in [-0.4, -0.2) is 27.9 Å². The van der Waals surface area contributed by atoms with Crippen molar-refractivity contribution in [1.29, 1.82) is 0 Å². The second-order valence-electron chi connectivity index (χ2n) is 6.47. The van der Waals surface area contributed by atoms with Crippen molar-refractivity contribution in [3.8, 4) is 11.1 Å². The number of rotatable bonds is 5. The molecule has 0 radical (unpaired) electrons. The molecule has 7 nitrogen and oxygen atoms in total. The maximum Gasteiger partial charge on any atom is 0.338 e. The molecule has 6 N–H and O–H groups in total. The van der Waals surface area contributed by atoms with Crippen LogP contribution >= 0.6 is 0 Å². The monoisotopic (exact) mass is 390 g/mol. The number of carboxylic acids is 2. The van der Waals surface area contributed by atoms with Gasteiger partial charge in [-0.1, -0.05) is 42.5 Å². The summed E-state index contributed by atoms with van der Waals surface area (Å²) in [6.45, 7) is 1.45. The Morgan fingerprint density at radius 1 is 0.759 bits per heavy atom. The van der Waals surface area contributed by atoms with Crippen LogP contribution in [0.1, 0.15) is 42.2 Å². The number of benzene rings is 3. The Bertz CT molecular complexity index is 1100. The molecular formula is C22H18N2O5. The molecule has 0 bridgehead atoms. The Kier molecular flexibility index (Phi) is 5.06. The third kappa shape index (κ3) is 3.41. The van der Waals surface area contributed by atoms with E-state index in [9.17, 15) is 24.6 Å². The minimum atomic E-state index is -1.43. The molecule has 0 spiro atoms. The molecule has 146 valence electrons. The van der Waals surface area contributed by atoms with Crippen molar-refractivity contribution < 1.29 is 24.6 Å². The lowest BCUT2D eigenvalue weighted by atomic mass is 9.84. The zero-order valence-electron chi connectivity index (χ0n) is 15.5. The van der Waals surface area contributed by atoms with Crippen molar-refractivity contribution in [2.24, 2.45) is 0 Å². The zero-order valence-corrected chi connectivity index (χ0v) is 15.5. The number of aromatic carboxylic acids is 2. The first kappa shape index (κ1) is 19.6. The first-order chi connectivity index (χ1) is 13.7. The molecule has 7 heteroatoms. The van der Waals surface area contributed by atoms with Crippen LogP contribution in [0.25, 0.3) is 11.1 Å². The van der Waals surface area contributed by atoms with Crippen LogP contribution in [0.15, 0.2) is 54.6 Å². The number of hydrogen-bond acceptors (Lipinski definition) is 5. The molecule has 0 heterocycles. The Hall–Kier alpha value is -4.13. The van der Waals surface area contributed by atoms with E-state index in [0.29, 0.717) is 11.3 Å². The molecule has 0 amide bonds. The van der Waals surface area contributed by atoms with Gasteiger partial charge in [0, 0.05) is 16.8 Å². The van der Waals surface area contributed by atoms with Gasteiger partial charge in [0.15, 0.2) is 5.78 Å².